The van der Waals surface area contributed by atoms with Gasteiger partial charge in [0.2, 0.25) is 0 Å². The molecule has 4 aromatic heterocycles. The molecule has 0 saturated carbocycles. The number of aliphatic hydroxyl groups is 5. The number of benzene rings is 4. The second-order valence-electron chi connectivity index (χ2n) is 21.7. The van der Waals surface area contributed by atoms with Gasteiger partial charge in [-0.3, -0.25) is 19.9 Å². The Labute approximate surface area is 552 Å². The van der Waals surface area contributed by atoms with Crippen molar-refractivity contribution in [3.05, 3.63) is 260 Å². The lowest BCUT2D eigenvalue weighted by Gasteiger charge is -2.36. The molecule has 4 saturated heterocycles. The molecule has 0 aliphatic carbocycles. The van der Waals surface area contributed by atoms with Gasteiger partial charge in [0.1, 0.15) is 18.8 Å². The fourth-order valence-corrected chi connectivity index (χ4v) is 15.6. The highest BCUT2D eigenvalue weighted by atomic mass is 35.5. The molecule has 88 heavy (non-hydrogen) atoms. The molecule has 4 aliphatic rings. The Morgan fingerprint density at radius 2 is 0.898 bits per heavy atom. The molecule has 0 bridgehead atoms. The van der Waals surface area contributed by atoms with E-state index in [2.05, 4.69) is 38.1 Å². The highest BCUT2D eigenvalue weighted by Gasteiger charge is 2.48. The Hall–Kier alpha value is -5.89. The number of hydrogen-bond donors (Lipinski definition) is 5. The molecule has 456 valence electrons. The van der Waals surface area contributed by atoms with Gasteiger partial charge in [-0.05, 0) is 115 Å². The van der Waals surface area contributed by atoms with Gasteiger partial charge >= 0.3 is 0 Å². The van der Waals surface area contributed by atoms with Gasteiger partial charge in [0.15, 0.2) is 22.9 Å². The third-order valence-electron chi connectivity index (χ3n) is 15.5. The Morgan fingerprint density at radius 3 is 1.35 bits per heavy atom. The predicted molar refractivity (Wildman–Crippen MR) is 367 cm³/mol. The van der Waals surface area contributed by atoms with E-state index in [0.29, 0.717) is 71.0 Å². The van der Waals surface area contributed by atoms with Gasteiger partial charge in [-0.2, -0.15) is 0 Å². The molecule has 22 heteroatoms. The van der Waals surface area contributed by atoms with Crippen LogP contribution in [0.5, 0.6) is 0 Å². The minimum Gasteiger partial charge on any atom is -0.392 e. The average Bonchev–Trinajstić information content (AvgIpc) is 2.28. The maximum Gasteiger partial charge on any atom is 0.175 e. The van der Waals surface area contributed by atoms with Crippen molar-refractivity contribution >= 4 is 114 Å². The minimum atomic E-state index is -1.46. The molecular weight excluding hydrogens is 1260 g/mol. The third-order valence-corrected chi connectivity index (χ3v) is 21.0. The lowest BCUT2D eigenvalue weighted by atomic mass is 9.95. The number of halogens is 2. The Morgan fingerprint density at radius 1 is 0.477 bits per heavy atom. The summed E-state index contributed by atoms with van der Waals surface area (Å²) >= 11 is 32.5. The lowest BCUT2D eigenvalue weighted by molar-refractivity contribution is -0.0677. The van der Waals surface area contributed by atoms with E-state index in [1.54, 1.807) is 42.1 Å². The summed E-state index contributed by atoms with van der Waals surface area (Å²) in [5.74, 6) is 0.922. The number of aryl methyl sites for hydroxylation is 4. The van der Waals surface area contributed by atoms with E-state index in [0.717, 1.165) is 74.8 Å². The fourth-order valence-electron chi connectivity index (χ4n) is 10.8. The monoisotopic (exact) mass is 1330 g/mol. The third kappa shape index (κ3) is 15.1. The zero-order valence-corrected chi connectivity index (χ0v) is 55.2. The molecule has 5 N–H and O–H groups in total. The summed E-state index contributed by atoms with van der Waals surface area (Å²) in [5, 5.41) is 55.2. The van der Waals surface area contributed by atoms with E-state index < -0.39 is 28.7 Å². The number of thiocarbonyl (C=S) groups is 4. The van der Waals surface area contributed by atoms with Crippen LogP contribution in [0.1, 0.15) is 85.2 Å². The van der Waals surface area contributed by atoms with Crippen molar-refractivity contribution in [2.75, 3.05) is 17.3 Å². The number of hydrogen-bond acceptors (Lipinski definition) is 16. The summed E-state index contributed by atoms with van der Waals surface area (Å²) in [4.78, 5) is 24.5. The Kier molecular flexibility index (Phi) is 22.2. The van der Waals surface area contributed by atoms with E-state index in [1.807, 2.05) is 146 Å². The zero-order chi connectivity index (χ0) is 62.8. The summed E-state index contributed by atoms with van der Waals surface area (Å²) < 4.78 is 15.7. The van der Waals surface area contributed by atoms with Gasteiger partial charge in [0.25, 0.3) is 0 Å². The summed E-state index contributed by atoms with van der Waals surface area (Å²) in [5.41, 5.74) is 6.98. The van der Waals surface area contributed by atoms with Gasteiger partial charge in [-0.15, -0.1) is 0 Å². The molecule has 4 aromatic carbocycles. The number of nitrogens with zero attached hydrogens (tertiary/aromatic N) is 8. The van der Waals surface area contributed by atoms with Crippen LogP contribution in [-0.4, -0.2) is 100 Å². The highest BCUT2D eigenvalue weighted by Crippen LogP contribution is 2.46. The van der Waals surface area contributed by atoms with Crippen LogP contribution in [-0.2, 0) is 55.7 Å². The average molecular weight is 1330 g/mol. The van der Waals surface area contributed by atoms with Gasteiger partial charge in [0.05, 0.1) is 28.9 Å². The first kappa shape index (κ1) is 66.5. The second-order valence-corrected chi connectivity index (χ2v) is 27.4. The minimum absolute atomic E-state index is 0.280. The normalized spacial score (nSPS) is 21.4. The van der Waals surface area contributed by atoms with Crippen LogP contribution in [0.4, 0.5) is 4.39 Å². The maximum atomic E-state index is 13.7. The van der Waals surface area contributed by atoms with E-state index in [-0.39, 0.29) is 12.4 Å². The SMILES string of the molecule is Cc1ccc(C)c(C2(O)CSC(=S)N2Cc2cccnc2)c1.Cc1ccc(Cl)c(C2(O)CCC(=S)N2Cc2cccnc2)c1.Cc1ccccc1C1(O)CSC(=S)N1Cc1cccnc1.OCc1ccc(F)cc1C1(O)CSC(=S)N1Cc1cccnc1. The van der Waals surface area contributed by atoms with Crippen molar-refractivity contribution in [2.24, 2.45) is 0 Å². The molecule has 4 fully saturated rings. The van der Waals surface area contributed by atoms with E-state index in [9.17, 15) is 29.9 Å². The quantitative estimate of drug-likeness (QED) is 0.0692. The van der Waals surface area contributed by atoms with Crippen molar-refractivity contribution in [2.45, 2.75) is 96.2 Å². The smallest absolute Gasteiger partial charge is 0.175 e. The summed E-state index contributed by atoms with van der Waals surface area (Å²) in [7, 11) is 0. The van der Waals surface area contributed by atoms with Crippen LogP contribution in [0.3, 0.4) is 0 Å². The molecule has 12 rings (SSSR count). The number of aromatic nitrogens is 4. The topological polar surface area (TPSA) is 166 Å². The van der Waals surface area contributed by atoms with E-state index in [1.165, 1.54) is 53.5 Å². The Bertz CT molecular complexity index is 3660. The molecule has 4 aliphatic heterocycles. The van der Waals surface area contributed by atoms with Crippen LogP contribution < -0.4 is 0 Å². The van der Waals surface area contributed by atoms with Crippen LogP contribution in [0.15, 0.2) is 177 Å². The first-order chi connectivity index (χ1) is 42.2. The number of pyridine rings is 4. The van der Waals surface area contributed by atoms with Gasteiger partial charge in [0, 0.05) is 116 Å². The van der Waals surface area contributed by atoms with E-state index >= 15 is 0 Å². The fraction of sp³-hybridized carbons (Fsp3) is 0.273. The van der Waals surface area contributed by atoms with Crippen LogP contribution >= 0.6 is 95.8 Å². The molecule has 0 amide bonds. The van der Waals surface area contributed by atoms with Gasteiger partial charge in [-0.25, -0.2) is 4.39 Å². The van der Waals surface area contributed by atoms with Crippen molar-refractivity contribution in [1.29, 1.82) is 0 Å². The highest BCUT2D eigenvalue weighted by molar-refractivity contribution is 8.24. The predicted octanol–water partition coefficient (Wildman–Crippen LogP) is 12.7. The molecule has 4 atom stereocenters. The molecule has 8 heterocycles. The lowest BCUT2D eigenvalue weighted by Crippen LogP contribution is -2.44. The van der Waals surface area contributed by atoms with Gasteiger partial charge < -0.3 is 45.1 Å². The molecule has 0 spiro atoms. The molecular formula is C66H66ClFN8O5S7. The number of aliphatic hydroxyl groups excluding tert-OH is 1. The first-order valence-corrected chi connectivity index (χ1v) is 33.0. The van der Waals surface area contributed by atoms with Gasteiger partial charge in [-0.1, -0.05) is 186 Å². The van der Waals surface area contributed by atoms with Crippen molar-refractivity contribution < 1.29 is 29.9 Å². The molecule has 8 aromatic rings. The summed E-state index contributed by atoms with van der Waals surface area (Å²) in [6.45, 7) is 9.79. The van der Waals surface area contributed by atoms with Crippen LogP contribution in [0.25, 0.3) is 0 Å². The second kappa shape index (κ2) is 29.4. The summed E-state index contributed by atoms with van der Waals surface area (Å²) in [6.07, 6.45) is 15.2. The van der Waals surface area contributed by atoms with Crippen LogP contribution in [0.2, 0.25) is 5.02 Å². The molecule has 4 unspecified atom stereocenters. The largest absolute Gasteiger partial charge is 0.392 e. The van der Waals surface area contributed by atoms with Crippen molar-refractivity contribution in [3.8, 4) is 0 Å². The van der Waals surface area contributed by atoms with Crippen LogP contribution in [0, 0.1) is 33.5 Å². The Balaban J connectivity index is 0.000000140. The molecule has 13 nitrogen and oxygen atoms in total. The number of thioether (sulfide) groups is 3. The van der Waals surface area contributed by atoms with Crippen molar-refractivity contribution in [1.82, 2.24) is 39.5 Å². The standard InChI is InChI=1S/C17H17ClN2OS.C17H18N2OS2.C16H15FN2O2S2.C16H16N2OS2/c1-12-4-5-15(18)14(9-12)17(21)7-6-16(22)20(17)11-13-3-2-8-19-10-13;1-12-5-6-13(2)15(8-12)17(20)11-22-16(21)19(17)10-14-4-3-7-18-9-14;17-13-4-3-12(9-20)14(6-13)16(21)10-23-15(22)19(16)8-11-2-1-5-18-7-11;1-12-5-2-3-7-14(12)16(19)11-21-15(20)18(16)10-13-6-4-8-17-9-13/h2-5,8-10,21H,6-7,11H2,1H3;3-9,20H,10-11H2,1-2H3;1-7,20-21H,8-10H2;2-9,19H,10-11H2,1H3. The molecule has 0 radical (unpaired) electrons. The maximum absolute atomic E-state index is 13.7. The zero-order valence-electron chi connectivity index (χ0n) is 48.7. The van der Waals surface area contributed by atoms with E-state index in [4.69, 9.17) is 60.5 Å². The van der Waals surface area contributed by atoms with Crippen molar-refractivity contribution in [3.63, 3.8) is 0 Å². The summed E-state index contributed by atoms with van der Waals surface area (Å²) in [6, 6.07) is 39.2. The number of likely N-dealkylation sites (tertiary alicyclic amines) is 1. The number of rotatable bonds is 13. The first-order valence-electron chi connectivity index (χ1n) is 28.1.